The van der Waals surface area contributed by atoms with Gasteiger partial charge in [0, 0.05) is 24.8 Å². The van der Waals surface area contributed by atoms with E-state index in [1.165, 1.54) is 50.9 Å². The molecule has 2 aliphatic heterocycles. The highest BCUT2D eigenvalue weighted by molar-refractivity contribution is 5.58. The lowest BCUT2D eigenvalue weighted by Crippen LogP contribution is -2.46. The van der Waals surface area contributed by atoms with E-state index < -0.39 is 6.04 Å². The summed E-state index contributed by atoms with van der Waals surface area (Å²) in [6, 6.07) is 8.90. The molecule has 0 bridgehead atoms. The van der Waals surface area contributed by atoms with E-state index in [0.717, 1.165) is 31.0 Å². The number of anilines is 1. The fourth-order valence-corrected chi connectivity index (χ4v) is 3.97. The van der Waals surface area contributed by atoms with Crippen molar-refractivity contribution in [1.29, 1.82) is 0 Å². The van der Waals surface area contributed by atoms with Crippen LogP contribution >= 0.6 is 0 Å². The summed E-state index contributed by atoms with van der Waals surface area (Å²) in [6.07, 6.45) is 8.14. The molecule has 126 valence electrons. The molecular formula is C19H29N3O. The molecular weight excluding hydrogens is 286 g/mol. The number of rotatable bonds is 5. The summed E-state index contributed by atoms with van der Waals surface area (Å²) in [4.78, 5) is 15.9. The van der Waals surface area contributed by atoms with Crippen LogP contribution in [0.25, 0.3) is 0 Å². The van der Waals surface area contributed by atoms with Crippen LogP contribution < -0.4 is 10.6 Å². The number of nitrogens with zero attached hydrogens (tertiary/aromatic N) is 2. The predicted octanol–water partition coefficient (Wildman–Crippen LogP) is 2.21. The van der Waals surface area contributed by atoms with Crippen LogP contribution in [-0.2, 0) is 11.2 Å². The second-order valence-corrected chi connectivity index (χ2v) is 6.99. The second kappa shape index (κ2) is 7.93. The van der Waals surface area contributed by atoms with Gasteiger partial charge in [-0.3, -0.25) is 0 Å². The van der Waals surface area contributed by atoms with Gasteiger partial charge in [0.1, 0.15) is 6.29 Å². The van der Waals surface area contributed by atoms with Crippen LogP contribution in [0, 0.1) is 0 Å². The number of carbonyl (C=O) groups excluding carboxylic acids is 1. The lowest BCUT2D eigenvalue weighted by atomic mass is 9.99. The van der Waals surface area contributed by atoms with Crippen LogP contribution in [0.4, 0.5) is 5.69 Å². The van der Waals surface area contributed by atoms with Gasteiger partial charge in [0.2, 0.25) is 0 Å². The third-order valence-corrected chi connectivity index (χ3v) is 5.29. The van der Waals surface area contributed by atoms with Gasteiger partial charge in [-0.1, -0.05) is 18.6 Å². The maximum absolute atomic E-state index is 10.7. The van der Waals surface area contributed by atoms with Crippen LogP contribution in [0.1, 0.15) is 37.7 Å². The Hall–Kier alpha value is -1.39. The van der Waals surface area contributed by atoms with Gasteiger partial charge in [-0.25, -0.2) is 0 Å². The minimum atomic E-state index is -0.393. The number of hydrogen-bond acceptors (Lipinski definition) is 4. The Morgan fingerprint density at radius 2 is 1.87 bits per heavy atom. The zero-order valence-corrected chi connectivity index (χ0v) is 14.0. The van der Waals surface area contributed by atoms with Crippen LogP contribution in [0.15, 0.2) is 24.3 Å². The summed E-state index contributed by atoms with van der Waals surface area (Å²) in [5.74, 6) is 0. The van der Waals surface area contributed by atoms with Gasteiger partial charge < -0.3 is 20.3 Å². The first-order chi connectivity index (χ1) is 11.3. The highest BCUT2D eigenvalue weighted by atomic mass is 16.1. The molecule has 1 atom stereocenters. The first-order valence-electron chi connectivity index (χ1n) is 9.05. The topological polar surface area (TPSA) is 49.6 Å². The largest absolute Gasteiger partial charge is 0.371 e. The highest BCUT2D eigenvalue weighted by Crippen LogP contribution is 2.25. The van der Waals surface area contributed by atoms with Gasteiger partial charge in [-0.2, -0.15) is 0 Å². The number of carbonyl (C=O) groups is 1. The van der Waals surface area contributed by atoms with E-state index in [4.69, 9.17) is 5.73 Å². The van der Waals surface area contributed by atoms with Crippen molar-refractivity contribution in [2.75, 3.05) is 31.1 Å². The van der Waals surface area contributed by atoms with Crippen molar-refractivity contribution in [2.45, 2.75) is 50.6 Å². The third-order valence-electron chi connectivity index (χ3n) is 5.29. The summed E-state index contributed by atoms with van der Waals surface area (Å²) >= 11 is 0. The summed E-state index contributed by atoms with van der Waals surface area (Å²) in [5.41, 5.74) is 8.18. The Bertz CT molecular complexity index is 505. The molecule has 1 aromatic rings. The van der Waals surface area contributed by atoms with E-state index in [0.29, 0.717) is 6.42 Å². The number of nitrogens with two attached hydrogens (primary N) is 1. The SMILES string of the molecule is N[C@H](C=O)Cc1cccc(N2CCC(N3CCCCC3)CC2)c1. The molecule has 4 nitrogen and oxygen atoms in total. The summed E-state index contributed by atoms with van der Waals surface area (Å²) < 4.78 is 0. The molecule has 0 saturated carbocycles. The van der Waals surface area contributed by atoms with Gasteiger partial charge in [-0.15, -0.1) is 0 Å². The Morgan fingerprint density at radius 1 is 1.13 bits per heavy atom. The van der Waals surface area contributed by atoms with Crippen molar-refractivity contribution >= 4 is 12.0 Å². The van der Waals surface area contributed by atoms with Crippen molar-refractivity contribution in [1.82, 2.24) is 4.90 Å². The Balaban J connectivity index is 1.56. The fraction of sp³-hybridized carbons (Fsp3) is 0.632. The monoisotopic (exact) mass is 315 g/mol. The van der Waals surface area contributed by atoms with Crippen molar-refractivity contribution in [3.8, 4) is 0 Å². The molecule has 0 radical (unpaired) electrons. The van der Waals surface area contributed by atoms with E-state index in [-0.39, 0.29) is 0 Å². The molecule has 23 heavy (non-hydrogen) atoms. The van der Waals surface area contributed by atoms with Crippen LogP contribution in [0.5, 0.6) is 0 Å². The molecule has 0 spiro atoms. The maximum atomic E-state index is 10.7. The van der Waals surface area contributed by atoms with E-state index in [1.807, 2.05) is 0 Å². The van der Waals surface area contributed by atoms with Gasteiger partial charge in [0.05, 0.1) is 6.04 Å². The molecule has 3 rings (SSSR count). The predicted molar refractivity (Wildman–Crippen MR) is 94.8 cm³/mol. The molecule has 0 aliphatic carbocycles. The lowest BCUT2D eigenvalue weighted by molar-refractivity contribution is -0.108. The average molecular weight is 315 g/mol. The Morgan fingerprint density at radius 3 is 2.57 bits per heavy atom. The molecule has 0 aromatic heterocycles. The molecule has 2 saturated heterocycles. The van der Waals surface area contributed by atoms with E-state index in [2.05, 4.69) is 34.1 Å². The molecule has 4 heteroatoms. The van der Waals surface area contributed by atoms with E-state index in [9.17, 15) is 4.79 Å². The highest BCUT2D eigenvalue weighted by Gasteiger charge is 2.25. The third kappa shape index (κ3) is 4.33. The Kier molecular flexibility index (Phi) is 5.68. The number of likely N-dealkylation sites (tertiary alicyclic amines) is 1. The number of hydrogen-bond donors (Lipinski definition) is 1. The summed E-state index contributed by atoms with van der Waals surface area (Å²) in [7, 11) is 0. The van der Waals surface area contributed by atoms with E-state index in [1.54, 1.807) is 0 Å². The molecule has 1 aromatic carbocycles. The van der Waals surface area contributed by atoms with Crippen LogP contribution in [0.2, 0.25) is 0 Å². The van der Waals surface area contributed by atoms with Crippen molar-refractivity contribution in [2.24, 2.45) is 5.73 Å². The van der Waals surface area contributed by atoms with Crippen molar-refractivity contribution in [3.63, 3.8) is 0 Å². The molecule has 0 amide bonds. The quantitative estimate of drug-likeness (QED) is 0.847. The maximum Gasteiger partial charge on any atom is 0.137 e. The van der Waals surface area contributed by atoms with Crippen molar-refractivity contribution in [3.05, 3.63) is 29.8 Å². The molecule has 2 fully saturated rings. The number of piperidine rings is 2. The summed E-state index contributed by atoms with van der Waals surface area (Å²) in [6.45, 7) is 4.85. The smallest absolute Gasteiger partial charge is 0.137 e. The first-order valence-corrected chi connectivity index (χ1v) is 9.05. The molecule has 2 N–H and O–H groups in total. The second-order valence-electron chi connectivity index (χ2n) is 6.99. The minimum Gasteiger partial charge on any atom is -0.371 e. The standard InChI is InChI=1S/C19H29N3O/c20-17(15-23)13-16-5-4-6-19(14-16)22-11-7-18(8-12-22)21-9-2-1-3-10-21/h4-6,14-15,17-18H,1-3,7-13,20H2/t17-/m0/s1. The van der Waals surface area contributed by atoms with Gasteiger partial charge >= 0.3 is 0 Å². The number of benzene rings is 1. The lowest BCUT2D eigenvalue weighted by Gasteiger charge is -2.41. The normalized spacial score (nSPS) is 22.0. The van der Waals surface area contributed by atoms with Crippen molar-refractivity contribution < 1.29 is 4.79 Å². The number of aldehydes is 1. The van der Waals surface area contributed by atoms with Gasteiger partial charge in [-0.05, 0) is 62.9 Å². The average Bonchev–Trinajstić information content (AvgIpc) is 2.63. The summed E-state index contributed by atoms with van der Waals surface area (Å²) in [5, 5.41) is 0. The fourth-order valence-electron chi connectivity index (χ4n) is 3.97. The van der Waals surface area contributed by atoms with Gasteiger partial charge in [0.25, 0.3) is 0 Å². The van der Waals surface area contributed by atoms with E-state index >= 15 is 0 Å². The molecule has 0 unspecified atom stereocenters. The zero-order chi connectivity index (χ0) is 16.1. The Labute approximate surface area is 139 Å². The first kappa shape index (κ1) is 16.5. The van der Waals surface area contributed by atoms with Crippen LogP contribution in [0.3, 0.4) is 0 Å². The minimum absolute atomic E-state index is 0.393. The zero-order valence-electron chi connectivity index (χ0n) is 14.0. The molecule has 2 heterocycles. The van der Waals surface area contributed by atoms with Crippen LogP contribution in [-0.4, -0.2) is 49.4 Å². The van der Waals surface area contributed by atoms with Gasteiger partial charge in [0.15, 0.2) is 0 Å². The molecule has 2 aliphatic rings.